The molecule has 2 fully saturated rings. The average Bonchev–Trinajstić information content (AvgIpc) is 2.73. The third kappa shape index (κ3) is 3.43. The molecule has 3 N–H and O–H groups in total. The summed E-state index contributed by atoms with van der Waals surface area (Å²) in [5.74, 6) is 0.789. The van der Waals surface area contributed by atoms with Gasteiger partial charge in [-0.2, -0.15) is 0 Å². The maximum atomic E-state index is 6.51. The summed E-state index contributed by atoms with van der Waals surface area (Å²) in [6.07, 6.45) is 9.11. The van der Waals surface area contributed by atoms with Gasteiger partial charge in [0.15, 0.2) is 0 Å². The minimum absolute atomic E-state index is 0.0263. The van der Waals surface area contributed by atoms with Crippen LogP contribution in [0.5, 0.6) is 0 Å². The predicted molar refractivity (Wildman–Crippen MR) is 71.0 cm³/mol. The largest absolute Gasteiger partial charge is 0.380 e. The summed E-state index contributed by atoms with van der Waals surface area (Å²) < 4.78 is 5.51. The normalized spacial score (nSPS) is 42.9. The van der Waals surface area contributed by atoms with E-state index in [1.54, 1.807) is 0 Å². The van der Waals surface area contributed by atoms with Crippen LogP contribution in [0, 0.1) is 5.92 Å². The fourth-order valence-corrected chi connectivity index (χ4v) is 3.64. The molecule has 3 heteroatoms. The quantitative estimate of drug-likeness (QED) is 0.790. The zero-order valence-electron chi connectivity index (χ0n) is 11.4. The Labute approximate surface area is 105 Å². The first kappa shape index (κ1) is 13.3. The highest BCUT2D eigenvalue weighted by atomic mass is 16.5. The van der Waals surface area contributed by atoms with E-state index >= 15 is 0 Å². The third-order valence-electron chi connectivity index (χ3n) is 4.60. The van der Waals surface area contributed by atoms with Crippen molar-refractivity contribution >= 4 is 0 Å². The molecular weight excluding hydrogens is 212 g/mol. The molecule has 4 unspecified atom stereocenters. The van der Waals surface area contributed by atoms with Gasteiger partial charge >= 0.3 is 0 Å². The Morgan fingerprint density at radius 1 is 1.29 bits per heavy atom. The number of methoxy groups -OCH3 is 1. The van der Waals surface area contributed by atoms with Crippen molar-refractivity contribution in [3.8, 4) is 0 Å². The highest BCUT2D eigenvalue weighted by molar-refractivity contribution is 4.94. The molecule has 17 heavy (non-hydrogen) atoms. The molecule has 0 heterocycles. The number of nitrogens with one attached hydrogen (secondary N) is 1. The second kappa shape index (κ2) is 5.68. The maximum Gasteiger partial charge on any atom is 0.0724 e. The summed E-state index contributed by atoms with van der Waals surface area (Å²) in [6.45, 7) is 3.29. The van der Waals surface area contributed by atoms with Gasteiger partial charge in [-0.1, -0.05) is 19.8 Å². The molecule has 0 amide bonds. The number of ether oxygens (including phenoxy) is 1. The van der Waals surface area contributed by atoms with E-state index in [9.17, 15) is 0 Å². The van der Waals surface area contributed by atoms with E-state index in [0.717, 1.165) is 12.5 Å². The molecule has 2 saturated carbocycles. The average molecular weight is 240 g/mol. The van der Waals surface area contributed by atoms with Crippen molar-refractivity contribution in [1.82, 2.24) is 5.32 Å². The van der Waals surface area contributed by atoms with Crippen molar-refractivity contribution in [3.05, 3.63) is 0 Å². The number of nitrogens with two attached hydrogens (primary N) is 1. The van der Waals surface area contributed by atoms with Crippen molar-refractivity contribution in [2.24, 2.45) is 11.7 Å². The molecular formula is C14H28N2O. The molecule has 0 aromatic heterocycles. The first-order chi connectivity index (χ1) is 8.13. The van der Waals surface area contributed by atoms with Gasteiger partial charge in [-0.05, 0) is 38.0 Å². The Balaban J connectivity index is 1.80. The molecule has 100 valence electrons. The Morgan fingerprint density at radius 3 is 2.82 bits per heavy atom. The Kier molecular flexibility index (Phi) is 4.45. The van der Waals surface area contributed by atoms with E-state index in [2.05, 4.69) is 12.2 Å². The molecule has 2 aliphatic rings. The molecule has 2 aliphatic carbocycles. The number of hydrogen-bond donors (Lipinski definition) is 2. The standard InChI is InChI=1S/C14H28N2O/c1-11-5-4-8-14(15,9-11)10-16-12-6-3-7-13(12)17-2/h11-13,16H,3-10,15H2,1-2H3. The monoisotopic (exact) mass is 240 g/mol. The SMILES string of the molecule is COC1CCCC1NCC1(N)CCCC(C)C1. The van der Waals surface area contributed by atoms with E-state index in [1.807, 2.05) is 7.11 Å². The zero-order valence-corrected chi connectivity index (χ0v) is 11.4. The fourth-order valence-electron chi connectivity index (χ4n) is 3.64. The van der Waals surface area contributed by atoms with Crippen LogP contribution in [-0.4, -0.2) is 31.3 Å². The second-order valence-corrected chi connectivity index (χ2v) is 6.26. The van der Waals surface area contributed by atoms with Gasteiger partial charge in [-0.3, -0.25) is 0 Å². The molecule has 3 nitrogen and oxygen atoms in total. The van der Waals surface area contributed by atoms with Gasteiger partial charge in [-0.15, -0.1) is 0 Å². The van der Waals surface area contributed by atoms with Crippen molar-refractivity contribution in [2.45, 2.75) is 69.6 Å². The van der Waals surface area contributed by atoms with Crippen LogP contribution >= 0.6 is 0 Å². The van der Waals surface area contributed by atoms with Crippen LogP contribution in [-0.2, 0) is 4.74 Å². The zero-order chi connectivity index (χ0) is 12.3. The van der Waals surface area contributed by atoms with E-state index < -0.39 is 0 Å². The first-order valence-electron chi connectivity index (χ1n) is 7.18. The van der Waals surface area contributed by atoms with Crippen molar-refractivity contribution < 1.29 is 4.74 Å². The van der Waals surface area contributed by atoms with Gasteiger partial charge in [0.1, 0.15) is 0 Å². The number of hydrogen-bond acceptors (Lipinski definition) is 3. The summed E-state index contributed by atoms with van der Waals surface area (Å²) >= 11 is 0. The molecule has 0 saturated heterocycles. The third-order valence-corrected chi connectivity index (χ3v) is 4.60. The summed E-state index contributed by atoms with van der Waals surface area (Å²) in [4.78, 5) is 0. The van der Waals surface area contributed by atoms with Crippen LogP contribution < -0.4 is 11.1 Å². The van der Waals surface area contributed by atoms with Gasteiger partial charge in [0.05, 0.1) is 6.10 Å². The predicted octanol–water partition coefficient (Wildman–Crippen LogP) is 2.05. The van der Waals surface area contributed by atoms with Crippen LogP contribution in [0.15, 0.2) is 0 Å². The summed E-state index contributed by atoms with van der Waals surface area (Å²) in [5, 5.41) is 3.66. The minimum atomic E-state index is 0.0263. The van der Waals surface area contributed by atoms with Crippen molar-refractivity contribution in [2.75, 3.05) is 13.7 Å². The van der Waals surface area contributed by atoms with Gasteiger partial charge in [0.25, 0.3) is 0 Å². The molecule has 0 aromatic carbocycles. The Bertz CT molecular complexity index is 246. The van der Waals surface area contributed by atoms with Crippen LogP contribution in [0.4, 0.5) is 0 Å². The summed E-state index contributed by atoms with van der Waals surface area (Å²) in [5.41, 5.74) is 6.54. The molecule has 4 atom stereocenters. The highest BCUT2D eigenvalue weighted by Crippen LogP contribution is 2.30. The van der Waals surface area contributed by atoms with E-state index in [1.165, 1.54) is 44.9 Å². The fraction of sp³-hybridized carbons (Fsp3) is 1.00. The molecule has 2 rings (SSSR count). The summed E-state index contributed by atoms with van der Waals surface area (Å²) in [6, 6.07) is 0.526. The molecule has 0 bridgehead atoms. The second-order valence-electron chi connectivity index (χ2n) is 6.26. The lowest BCUT2D eigenvalue weighted by Crippen LogP contribution is -2.54. The Hall–Kier alpha value is -0.120. The van der Waals surface area contributed by atoms with Crippen LogP contribution in [0.2, 0.25) is 0 Å². The molecule has 0 aliphatic heterocycles. The number of rotatable bonds is 4. The van der Waals surface area contributed by atoms with Crippen molar-refractivity contribution in [1.29, 1.82) is 0 Å². The van der Waals surface area contributed by atoms with Crippen LogP contribution in [0.3, 0.4) is 0 Å². The van der Waals surface area contributed by atoms with Crippen LogP contribution in [0.1, 0.15) is 51.9 Å². The lowest BCUT2D eigenvalue weighted by atomic mass is 9.77. The minimum Gasteiger partial charge on any atom is -0.380 e. The van der Waals surface area contributed by atoms with Crippen molar-refractivity contribution in [3.63, 3.8) is 0 Å². The van der Waals surface area contributed by atoms with Gasteiger partial charge in [0, 0.05) is 25.2 Å². The summed E-state index contributed by atoms with van der Waals surface area (Å²) in [7, 11) is 1.82. The first-order valence-corrected chi connectivity index (χ1v) is 7.18. The van der Waals surface area contributed by atoms with Gasteiger partial charge < -0.3 is 15.8 Å². The van der Waals surface area contributed by atoms with Crippen LogP contribution in [0.25, 0.3) is 0 Å². The topological polar surface area (TPSA) is 47.3 Å². The molecule has 0 aromatic rings. The lowest BCUT2D eigenvalue weighted by molar-refractivity contribution is 0.0810. The maximum absolute atomic E-state index is 6.51. The van der Waals surface area contributed by atoms with Gasteiger partial charge in [-0.25, -0.2) is 0 Å². The Morgan fingerprint density at radius 2 is 2.12 bits per heavy atom. The smallest absolute Gasteiger partial charge is 0.0724 e. The lowest BCUT2D eigenvalue weighted by Gasteiger charge is -2.38. The van der Waals surface area contributed by atoms with E-state index in [4.69, 9.17) is 10.5 Å². The molecule has 0 radical (unpaired) electrons. The molecule has 0 spiro atoms. The van der Waals surface area contributed by atoms with Gasteiger partial charge in [0.2, 0.25) is 0 Å². The highest BCUT2D eigenvalue weighted by Gasteiger charge is 2.33. The van der Waals surface area contributed by atoms with E-state index in [-0.39, 0.29) is 5.54 Å². The van der Waals surface area contributed by atoms with E-state index in [0.29, 0.717) is 12.1 Å².